The summed E-state index contributed by atoms with van der Waals surface area (Å²) < 4.78 is 10.8. The van der Waals surface area contributed by atoms with Crippen LogP contribution in [0.3, 0.4) is 0 Å². The first kappa shape index (κ1) is 22.8. The minimum Gasteiger partial charge on any atom is -0.493 e. The van der Waals surface area contributed by atoms with Crippen LogP contribution in [-0.4, -0.2) is 43.0 Å². The van der Waals surface area contributed by atoms with E-state index in [-0.39, 0.29) is 11.9 Å². The van der Waals surface area contributed by atoms with Crippen molar-refractivity contribution in [3.8, 4) is 17.2 Å². The van der Waals surface area contributed by atoms with Crippen LogP contribution in [0.5, 0.6) is 17.2 Å². The highest BCUT2D eigenvalue weighted by atomic mass is 16.5. The Balaban J connectivity index is 0.000000186. The summed E-state index contributed by atoms with van der Waals surface area (Å²) in [5, 5.41) is 6.17. The van der Waals surface area contributed by atoms with Crippen molar-refractivity contribution < 1.29 is 19.1 Å². The quantitative estimate of drug-likeness (QED) is 0.549. The maximum atomic E-state index is 11.6. The summed E-state index contributed by atoms with van der Waals surface area (Å²) in [4.78, 5) is 26.4. The minimum absolute atomic E-state index is 0.0129. The van der Waals surface area contributed by atoms with Gasteiger partial charge in [-0.1, -0.05) is 12.1 Å². The molecule has 2 heterocycles. The second kappa shape index (κ2) is 11.5. The molecule has 0 bridgehead atoms. The summed E-state index contributed by atoms with van der Waals surface area (Å²) in [5.41, 5.74) is 6.28. The third-order valence-electron chi connectivity index (χ3n) is 4.77. The Morgan fingerprint density at radius 2 is 1.69 bits per heavy atom. The van der Waals surface area contributed by atoms with Gasteiger partial charge in [0.2, 0.25) is 5.91 Å². The number of amides is 2. The number of aromatic nitrogens is 1. The number of nitrogens with one attached hydrogen (secondary N) is 2. The summed E-state index contributed by atoms with van der Waals surface area (Å²) in [6.45, 7) is 1.86. The predicted molar refractivity (Wildman–Crippen MR) is 121 cm³/mol. The van der Waals surface area contributed by atoms with Crippen molar-refractivity contribution in [1.29, 1.82) is 0 Å². The lowest BCUT2D eigenvalue weighted by Gasteiger charge is -2.10. The third kappa shape index (κ3) is 6.55. The second-order valence-corrected chi connectivity index (χ2v) is 7.04. The fourth-order valence-electron chi connectivity index (χ4n) is 3.07. The molecular formula is C24H26N4O4. The van der Waals surface area contributed by atoms with E-state index in [2.05, 4.69) is 15.6 Å². The summed E-state index contributed by atoms with van der Waals surface area (Å²) in [5.74, 6) is 1.41. The Labute approximate surface area is 186 Å². The molecule has 1 fully saturated rings. The van der Waals surface area contributed by atoms with Crippen LogP contribution in [0.4, 0.5) is 0 Å². The average Bonchev–Trinajstić information content (AvgIpc) is 3.34. The van der Waals surface area contributed by atoms with E-state index in [1.165, 1.54) is 0 Å². The van der Waals surface area contributed by atoms with Gasteiger partial charge in [0, 0.05) is 36.1 Å². The van der Waals surface area contributed by atoms with Crippen LogP contribution in [0.1, 0.15) is 27.1 Å². The van der Waals surface area contributed by atoms with E-state index in [0.29, 0.717) is 28.4 Å². The molecule has 1 saturated heterocycles. The van der Waals surface area contributed by atoms with Crippen molar-refractivity contribution >= 4 is 11.8 Å². The first-order valence-electron chi connectivity index (χ1n) is 10.2. The first-order valence-corrected chi connectivity index (χ1v) is 10.2. The Morgan fingerprint density at radius 3 is 2.28 bits per heavy atom. The van der Waals surface area contributed by atoms with Crippen LogP contribution in [-0.2, 0) is 0 Å². The molecule has 8 heteroatoms. The third-order valence-corrected chi connectivity index (χ3v) is 4.77. The molecule has 1 atom stereocenters. The van der Waals surface area contributed by atoms with E-state index in [1.54, 1.807) is 62.0 Å². The number of carbonyl (C=O) groups is 2. The van der Waals surface area contributed by atoms with E-state index >= 15 is 0 Å². The van der Waals surface area contributed by atoms with Crippen LogP contribution in [0.2, 0.25) is 0 Å². The Kier molecular flexibility index (Phi) is 8.16. The van der Waals surface area contributed by atoms with Crippen LogP contribution in [0.25, 0.3) is 0 Å². The molecule has 0 saturated carbocycles. The number of para-hydroxylation sites is 2. The van der Waals surface area contributed by atoms with Gasteiger partial charge >= 0.3 is 0 Å². The predicted octanol–water partition coefficient (Wildman–Crippen LogP) is 2.76. The highest BCUT2D eigenvalue weighted by Gasteiger charge is 2.17. The lowest BCUT2D eigenvalue weighted by molar-refractivity contribution is 0.0939. The number of nitrogens with two attached hydrogens (primary N) is 1. The van der Waals surface area contributed by atoms with E-state index in [0.717, 1.165) is 19.5 Å². The molecule has 0 unspecified atom stereocenters. The summed E-state index contributed by atoms with van der Waals surface area (Å²) in [7, 11) is 1.58. The molecule has 166 valence electrons. The second-order valence-electron chi connectivity index (χ2n) is 7.04. The topological polar surface area (TPSA) is 116 Å². The standard InChI is InChI=1S/C14H13NO3.C10H13N3O/c1-17-12-4-2-3-5-13(12)18-11-8-6-10(7-9-11)14(15)16;14-10(8-1-4-11-5-2-8)13-9-3-6-12-7-9/h2-9H,1H3,(H2,15,16);1-2,4-5,9,12H,3,6-7H2,(H,13,14)/t;9-/m.0/s1. The summed E-state index contributed by atoms with van der Waals surface area (Å²) >= 11 is 0. The monoisotopic (exact) mass is 434 g/mol. The number of nitrogens with zero attached hydrogens (tertiary/aromatic N) is 1. The van der Waals surface area contributed by atoms with Gasteiger partial charge in [-0.25, -0.2) is 0 Å². The summed E-state index contributed by atoms with van der Waals surface area (Å²) in [6, 6.07) is 17.7. The molecule has 3 aromatic rings. The number of pyridine rings is 1. The smallest absolute Gasteiger partial charge is 0.251 e. The van der Waals surface area contributed by atoms with Crippen LogP contribution < -0.4 is 25.8 Å². The van der Waals surface area contributed by atoms with Crippen LogP contribution in [0.15, 0.2) is 73.1 Å². The normalized spacial score (nSPS) is 14.6. The van der Waals surface area contributed by atoms with Gasteiger partial charge in [-0.05, 0) is 61.5 Å². The molecule has 2 aromatic carbocycles. The van der Waals surface area contributed by atoms with Gasteiger partial charge in [-0.15, -0.1) is 0 Å². The molecule has 8 nitrogen and oxygen atoms in total. The Hall–Kier alpha value is -3.91. The van der Waals surface area contributed by atoms with E-state index in [4.69, 9.17) is 15.2 Å². The molecule has 4 rings (SSSR count). The van der Waals surface area contributed by atoms with E-state index in [9.17, 15) is 9.59 Å². The fraction of sp³-hybridized carbons (Fsp3) is 0.208. The van der Waals surface area contributed by atoms with E-state index < -0.39 is 5.91 Å². The van der Waals surface area contributed by atoms with Crippen LogP contribution >= 0.6 is 0 Å². The number of rotatable bonds is 6. The lowest BCUT2D eigenvalue weighted by atomic mass is 10.2. The van der Waals surface area contributed by atoms with Crippen molar-refractivity contribution in [2.24, 2.45) is 5.73 Å². The highest BCUT2D eigenvalue weighted by molar-refractivity contribution is 5.94. The van der Waals surface area contributed by atoms with Gasteiger partial charge in [0.25, 0.3) is 5.91 Å². The number of hydrogen-bond donors (Lipinski definition) is 3. The lowest BCUT2D eigenvalue weighted by Crippen LogP contribution is -2.36. The van der Waals surface area contributed by atoms with Gasteiger partial charge in [-0.2, -0.15) is 0 Å². The van der Waals surface area contributed by atoms with Crippen molar-refractivity contribution in [2.45, 2.75) is 12.5 Å². The Morgan fingerprint density at radius 1 is 1.00 bits per heavy atom. The highest BCUT2D eigenvalue weighted by Crippen LogP contribution is 2.30. The van der Waals surface area contributed by atoms with Crippen molar-refractivity contribution in [2.75, 3.05) is 20.2 Å². The molecule has 0 radical (unpaired) electrons. The molecule has 1 aliphatic heterocycles. The largest absolute Gasteiger partial charge is 0.493 e. The Bertz CT molecular complexity index is 1020. The maximum Gasteiger partial charge on any atom is 0.251 e. The van der Waals surface area contributed by atoms with Gasteiger partial charge in [0.1, 0.15) is 5.75 Å². The van der Waals surface area contributed by atoms with E-state index in [1.807, 2.05) is 18.2 Å². The zero-order chi connectivity index (χ0) is 22.8. The SMILES string of the molecule is COc1ccccc1Oc1ccc(C(N)=O)cc1.O=C(N[C@H]1CCNC1)c1ccncc1. The van der Waals surface area contributed by atoms with Gasteiger partial charge < -0.3 is 25.8 Å². The van der Waals surface area contributed by atoms with Gasteiger partial charge in [0.05, 0.1) is 7.11 Å². The van der Waals surface area contributed by atoms with Gasteiger partial charge in [0.15, 0.2) is 11.5 Å². The molecule has 2 amide bonds. The number of hydrogen-bond acceptors (Lipinski definition) is 6. The van der Waals surface area contributed by atoms with Crippen molar-refractivity contribution in [1.82, 2.24) is 15.6 Å². The average molecular weight is 434 g/mol. The zero-order valence-corrected chi connectivity index (χ0v) is 17.8. The zero-order valence-electron chi connectivity index (χ0n) is 17.8. The molecule has 32 heavy (non-hydrogen) atoms. The van der Waals surface area contributed by atoms with Crippen molar-refractivity contribution in [3.05, 3.63) is 84.2 Å². The maximum absolute atomic E-state index is 11.6. The number of carbonyl (C=O) groups excluding carboxylic acids is 2. The van der Waals surface area contributed by atoms with Gasteiger partial charge in [-0.3, -0.25) is 14.6 Å². The van der Waals surface area contributed by atoms with Crippen molar-refractivity contribution in [3.63, 3.8) is 0 Å². The molecular weight excluding hydrogens is 408 g/mol. The minimum atomic E-state index is -0.459. The number of methoxy groups -OCH3 is 1. The molecule has 0 aliphatic carbocycles. The fourth-order valence-corrected chi connectivity index (χ4v) is 3.07. The number of benzene rings is 2. The molecule has 1 aromatic heterocycles. The molecule has 0 spiro atoms. The molecule has 4 N–H and O–H groups in total. The number of primary amides is 1. The summed E-state index contributed by atoms with van der Waals surface area (Å²) in [6.07, 6.45) is 4.26. The van der Waals surface area contributed by atoms with Crippen LogP contribution in [0, 0.1) is 0 Å². The first-order chi connectivity index (χ1) is 15.6. The number of ether oxygens (including phenoxy) is 2. The molecule has 1 aliphatic rings.